The van der Waals surface area contributed by atoms with Gasteiger partial charge in [-0.2, -0.15) is 0 Å². The van der Waals surface area contributed by atoms with Crippen molar-refractivity contribution in [3.63, 3.8) is 0 Å². The summed E-state index contributed by atoms with van der Waals surface area (Å²) in [5.41, 5.74) is 0.700. The number of pyridine rings is 1. The largest absolute Gasteiger partial charge is 0.419 e. The third kappa shape index (κ3) is 2.25. The first-order valence-corrected chi connectivity index (χ1v) is 6.09. The summed E-state index contributed by atoms with van der Waals surface area (Å²) in [5, 5.41) is 8.42. The van der Waals surface area contributed by atoms with Gasteiger partial charge in [0, 0.05) is 12.4 Å². The SMILES string of the molecule is CCC(Br)c1nnc(-c2ccncc2Cl)o1. The molecule has 6 heteroatoms. The molecule has 0 N–H and O–H groups in total. The van der Waals surface area contributed by atoms with Crippen molar-refractivity contribution in [3.8, 4) is 11.5 Å². The second kappa shape index (κ2) is 4.93. The number of rotatable bonds is 3. The molecule has 2 aromatic rings. The molecule has 2 rings (SSSR count). The summed E-state index contributed by atoms with van der Waals surface area (Å²) in [7, 11) is 0. The van der Waals surface area contributed by atoms with Gasteiger partial charge >= 0.3 is 0 Å². The molecule has 0 amide bonds. The Morgan fingerprint density at radius 2 is 2.31 bits per heavy atom. The highest BCUT2D eigenvalue weighted by atomic mass is 79.9. The van der Waals surface area contributed by atoms with Gasteiger partial charge in [0.25, 0.3) is 0 Å². The van der Waals surface area contributed by atoms with E-state index in [1.807, 2.05) is 6.92 Å². The van der Waals surface area contributed by atoms with Crippen LogP contribution in [0.4, 0.5) is 0 Å². The molecule has 0 saturated carbocycles. The minimum atomic E-state index is 0.0781. The minimum Gasteiger partial charge on any atom is -0.419 e. The third-order valence-corrected chi connectivity index (χ3v) is 3.41. The molecule has 0 aliphatic carbocycles. The molecule has 0 aromatic carbocycles. The van der Waals surface area contributed by atoms with Gasteiger partial charge in [-0.25, -0.2) is 0 Å². The van der Waals surface area contributed by atoms with Crippen LogP contribution in [0.25, 0.3) is 11.5 Å². The van der Waals surface area contributed by atoms with Crippen LogP contribution in [0.2, 0.25) is 5.02 Å². The van der Waals surface area contributed by atoms with E-state index in [1.54, 1.807) is 18.5 Å². The number of aromatic nitrogens is 3. The van der Waals surface area contributed by atoms with Crippen LogP contribution in [0.5, 0.6) is 0 Å². The molecule has 1 unspecified atom stereocenters. The second-order valence-electron chi connectivity index (χ2n) is 3.18. The molecule has 0 spiro atoms. The van der Waals surface area contributed by atoms with Crippen LogP contribution in [0.3, 0.4) is 0 Å². The van der Waals surface area contributed by atoms with Gasteiger partial charge in [0.1, 0.15) is 0 Å². The lowest BCUT2D eigenvalue weighted by Gasteiger charge is -1.99. The molecule has 1 atom stereocenters. The van der Waals surface area contributed by atoms with Crippen LogP contribution in [0, 0.1) is 0 Å². The van der Waals surface area contributed by atoms with Crippen molar-refractivity contribution in [2.45, 2.75) is 18.2 Å². The topological polar surface area (TPSA) is 51.8 Å². The lowest BCUT2D eigenvalue weighted by atomic mass is 10.3. The Hall–Kier alpha value is -0.940. The minimum absolute atomic E-state index is 0.0781. The third-order valence-electron chi connectivity index (χ3n) is 2.07. The molecule has 0 fully saturated rings. The Morgan fingerprint density at radius 3 is 3.00 bits per heavy atom. The number of alkyl halides is 1. The molecule has 2 heterocycles. The molecule has 0 radical (unpaired) electrons. The Kier molecular flexibility index (Phi) is 3.56. The van der Waals surface area contributed by atoms with Gasteiger partial charge in [0.2, 0.25) is 11.8 Å². The van der Waals surface area contributed by atoms with E-state index < -0.39 is 0 Å². The highest BCUT2D eigenvalue weighted by molar-refractivity contribution is 9.09. The zero-order valence-electron chi connectivity index (χ0n) is 8.52. The zero-order chi connectivity index (χ0) is 11.5. The first kappa shape index (κ1) is 11.5. The van der Waals surface area contributed by atoms with Crippen LogP contribution in [0.1, 0.15) is 24.1 Å². The molecule has 16 heavy (non-hydrogen) atoms. The maximum absolute atomic E-state index is 5.98. The second-order valence-corrected chi connectivity index (χ2v) is 4.69. The summed E-state index contributed by atoms with van der Waals surface area (Å²) in [4.78, 5) is 3.98. The Morgan fingerprint density at radius 1 is 1.50 bits per heavy atom. The summed E-state index contributed by atoms with van der Waals surface area (Å²) >= 11 is 9.43. The molecule has 2 aromatic heterocycles. The predicted molar refractivity (Wildman–Crippen MR) is 64.5 cm³/mol. The average Bonchev–Trinajstić information content (AvgIpc) is 2.78. The van der Waals surface area contributed by atoms with E-state index in [-0.39, 0.29) is 4.83 Å². The molecular formula is C10H9BrClN3O. The number of hydrogen-bond donors (Lipinski definition) is 0. The van der Waals surface area contributed by atoms with Crippen LogP contribution in [-0.2, 0) is 0 Å². The van der Waals surface area contributed by atoms with E-state index in [4.69, 9.17) is 16.0 Å². The van der Waals surface area contributed by atoms with E-state index in [2.05, 4.69) is 31.1 Å². The average molecular weight is 303 g/mol. The number of nitrogens with zero attached hydrogens (tertiary/aromatic N) is 3. The molecule has 0 aliphatic heterocycles. The van der Waals surface area contributed by atoms with Gasteiger partial charge in [-0.15, -0.1) is 10.2 Å². The Balaban J connectivity index is 2.35. The fourth-order valence-corrected chi connectivity index (χ4v) is 1.58. The Bertz CT molecular complexity index is 488. The summed E-state index contributed by atoms with van der Waals surface area (Å²) in [6.07, 6.45) is 4.06. The van der Waals surface area contributed by atoms with Crippen LogP contribution < -0.4 is 0 Å². The van der Waals surface area contributed by atoms with Crippen molar-refractivity contribution in [1.29, 1.82) is 0 Å². The number of hydrogen-bond acceptors (Lipinski definition) is 4. The molecule has 84 valence electrons. The highest BCUT2D eigenvalue weighted by Gasteiger charge is 2.16. The van der Waals surface area contributed by atoms with Crippen LogP contribution in [-0.4, -0.2) is 15.2 Å². The summed E-state index contributed by atoms with van der Waals surface area (Å²) in [6, 6.07) is 1.74. The first-order chi connectivity index (χ1) is 7.72. The molecule has 4 nitrogen and oxygen atoms in total. The van der Waals surface area contributed by atoms with Gasteiger partial charge in [-0.1, -0.05) is 34.5 Å². The van der Waals surface area contributed by atoms with Crippen LogP contribution >= 0.6 is 27.5 Å². The zero-order valence-corrected chi connectivity index (χ0v) is 10.9. The number of halogens is 2. The van der Waals surface area contributed by atoms with Crippen molar-refractivity contribution < 1.29 is 4.42 Å². The first-order valence-electron chi connectivity index (χ1n) is 4.79. The predicted octanol–water partition coefficient (Wildman–Crippen LogP) is 3.63. The van der Waals surface area contributed by atoms with Gasteiger partial charge < -0.3 is 4.42 Å². The standard InChI is InChI=1S/C10H9BrClN3O/c1-2-7(11)10-15-14-9(16-10)6-3-4-13-5-8(6)12/h3-5,7H,2H2,1H3. The van der Waals surface area contributed by atoms with Crippen molar-refractivity contribution >= 4 is 27.5 Å². The molecular weight excluding hydrogens is 293 g/mol. The van der Waals surface area contributed by atoms with E-state index >= 15 is 0 Å². The van der Waals surface area contributed by atoms with Gasteiger partial charge in [-0.3, -0.25) is 4.98 Å². The smallest absolute Gasteiger partial charge is 0.249 e. The normalized spacial score (nSPS) is 12.7. The maximum atomic E-state index is 5.98. The Labute approximate surface area is 106 Å². The molecule has 0 aliphatic rings. The van der Waals surface area contributed by atoms with E-state index in [0.29, 0.717) is 22.4 Å². The maximum Gasteiger partial charge on any atom is 0.249 e. The summed E-state index contributed by atoms with van der Waals surface area (Å²) in [6.45, 7) is 2.03. The lowest BCUT2D eigenvalue weighted by Crippen LogP contribution is -1.86. The van der Waals surface area contributed by atoms with Crippen molar-refractivity contribution in [2.75, 3.05) is 0 Å². The molecule has 0 bridgehead atoms. The van der Waals surface area contributed by atoms with Gasteiger partial charge in [0.15, 0.2) is 0 Å². The molecule has 0 saturated heterocycles. The lowest BCUT2D eigenvalue weighted by molar-refractivity contribution is 0.500. The van der Waals surface area contributed by atoms with Gasteiger partial charge in [-0.05, 0) is 12.5 Å². The van der Waals surface area contributed by atoms with Crippen molar-refractivity contribution in [3.05, 3.63) is 29.4 Å². The quantitative estimate of drug-likeness (QED) is 0.812. The van der Waals surface area contributed by atoms with E-state index in [1.165, 1.54) is 0 Å². The van der Waals surface area contributed by atoms with Crippen molar-refractivity contribution in [1.82, 2.24) is 15.2 Å². The van der Waals surface area contributed by atoms with E-state index in [9.17, 15) is 0 Å². The fourth-order valence-electron chi connectivity index (χ4n) is 1.19. The van der Waals surface area contributed by atoms with Crippen molar-refractivity contribution in [2.24, 2.45) is 0 Å². The summed E-state index contributed by atoms with van der Waals surface area (Å²) < 4.78 is 5.52. The van der Waals surface area contributed by atoms with Crippen LogP contribution in [0.15, 0.2) is 22.9 Å². The summed E-state index contributed by atoms with van der Waals surface area (Å²) in [5.74, 6) is 0.977. The van der Waals surface area contributed by atoms with E-state index in [0.717, 1.165) is 6.42 Å². The highest BCUT2D eigenvalue weighted by Crippen LogP contribution is 2.30. The van der Waals surface area contributed by atoms with Gasteiger partial charge in [0.05, 0.1) is 15.4 Å². The fraction of sp³-hybridized carbons (Fsp3) is 0.300. The monoisotopic (exact) mass is 301 g/mol.